The van der Waals surface area contributed by atoms with Gasteiger partial charge in [-0.15, -0.1) is 0 Å². The van der Waals surface area contributed by atoms with Crippen molar-refractivity contribution < 1.29 is 8.42 Å². The van der Waals surface area contributed by atoms with Crippen molar-refractivity contribution in [2.75, 3.05) is 18.8 Å². The van der Waals surface area contributed by atoms with Crippen LogP contribution in [0, 0.1) is 18.8 Å². The maximum atomic E-state index is 12.9. The predicted molar refractivity (Wildman–Crippen MR) is 107 cm³/mol. The Morgan fingerprint density at radius 3 is 2.35 bits per heavy atom. The zero-order valence-electron chi connectivity index (χ0n) is 15.6. The fourth-order valence-electron chi connectivity index (χ4n) is 3.78. The van der Waals surface area contributed by atoms with Gasteiger partial charge in [0, 0.05) is 19.6 Å². The maximum absolute atomic E-state index is 12.9. The maximum Gasteiger partial charge on any atom is 0.178 e. The molecule has 0 N–H and O–H groups in total. The molecular weight excluding hydrogens is 342 g/mol. The van der Waals surface area contributed by atoms with Crippen LogP contribution in [0.2, 0.25) is 0 Å². The summed E-state index contributed by atoms with van der Waals surface area (Å²) in [4.78, 5) is 2.77. The first-order valence-electron chi connectivity index (χ1n) is 9.06. The molecule has 0 spiro atoms. The first-order chi connectivity index (χ1) is 12.3. The first-order valence-corrected chi connectivity index (χ1v) is 10.7. The lowest BCUT2D eigenvalue weighted by Crippen LogP contribution is -2.24. The molecule has 3 nitrogen and oxygen atoms in total. The molecule has 2 aromatic carbocycles. The Morgan fingerprint density at radius 1 is 1.08 bits per heavy atom. The van der Waals surface area contributed by atoms with Crippen molar-refractivity contribution in [2.24, 2.45) is 11.8 Å². The summed E-state index contributed by atoms with van der Waals surface area (Å²) >= 11 is 0. The van der Waals surface area contributed by atoms with E-state index in [4.69, 9.17) is 0 Å². The summed E-state index contributed by atoms with van der Waals surface area (Å²) < 4.78 is 25.8. The quantitative estimate of drug-likeness (QED) is 0.720. The van der Waals surface area contributed by atoms with Crippen LogP contribution in [-0.4, -0.2) is 32.2 Å². The fraction of sp³-hybridized carbons (Fsp3) is 0.364. The first kappa shape index (κ1) is 18.9. The van der Waals surface area contributed by atoms with Crippen LogP contribution in [-0.2, 0) is 16.4 Å². The van der Waals surface area contributed by atoms with Crippen LogP contribution in [0.4, 0.5) is 0 Å². The van der Waals surface area contributed by atoms with E-state index in [0.717, 1.165) is 30.8 Å². The summed E-state index contributed by atoms with van der Waals surface area (Å²) in [6, 6.07) is 17.5. The van der Waals surface area contributed by atoms with Crippen LogP contribution >= 0.6 is 0 Å². The van der Waals surface area contributed by atoms with E-state index in [9.17, 15) is 8.42 Å². The summed E-state index contributed by atoms with van der Waals surface area (Å²) in [6.45, 7) is 10.6. The standard InChI is InChI=1S/C22H27NO2S/c1-17(2)22-15-23(13-19-7-5-4-6-8-19)14-20(22)16-26(24,25)21-11-9-18(3)10-12-21/h4-12,20,22H,1,13-16H2,2-3H3/t20-,22+/m0/s1. The second-order valence-corrected chi connectivity index (χ2v) is 9.52. The Labute approximate surface area is 157 Å². The number of hydrogen-bond donors (Lipinski definition) is 0. The lowest BCUT2D eigenvalue weighted by Gasteiger charge is -2.18. The molecule has 0 radical (unpaired) electrons. The highest BCUT2D eigenvalue weighted by molar-refractivity contribution is 7.91. The van der Waals surface area contributed by atoms with Crippen molar-refractivity contribution in [3.8, 4) is 0 Å². The van der Waals surface area contributed by atoms with E-state index in [1.165, 1.54) is 5.56 Å². The average molecular weight is 370 g/mol. The van der Waals surface area contributed by atoms with E-state index < -0.39 is 9.84 Å². The van der Waals surface area contributed by atoms with Gasteiger partial charge in [0.1, 0.15) is 0 Å². The molecule has 0 aromatic heterocycles. The van der Waals surface area contributed by atoms with E-state index in [1.807, 2.05) is 44.2 Å². The molecule has 0 bridgehead atoms. The van der Waals surface area contributed by atoms with Crippen LogP contribution in [0.15, 0.2) is 71.6 Å². The molecule has 1 heterocycles. The second kappa shape index (κ2) is 7.77. The number of hydrogen-bond acceptors (Lipinski definition) is 3. The summed E-state index contributed by atoms with van der Waals surface area (Å²) in [7, 11) is -3.29. The highest BCUT2D eigenvalue weighted by atomic mass is 32.2. The zero-order valence-corrected chi connectivity index (χ0v) is 16.4. The normalized spacial score (nSPS) is 21.0. The summed E-state index contributed by atoms with van der Waals surface area (Å²) in [5, 5.41) is 0. The third-order valence-electron chi connectivity index (χ3n) is 5.21. The Hall–Kier alpha value is -1.91. The summed E-state index contributed by atoms with van der Waals surface area (Å²) in [5.41, 5.74) is 3.40. The minimum Gasteiger partial charge on any atom is -0.298 e. The van der Waals surface area contributed by atoms with Crippen molar-refractivity contribution in [3.05, 3.63) is 77.9 Å². The lowest BCUT2D eigenvalue weighted by molar-refractivity contribution is 0.317. The number of rotatable bonds is 6. The third-order valence-corrected chi connectivity index (χ3v) is 7.07. The molecule has 1 saturated heterocycles. The number of benzene rings is 2. The van der Waals surface area contributed by atoms with Gasteiger partial charge in [-0.05, 0) is 43.4 Å². The summed E-state index contributed by atoms with van der Waals surface area (Å²) in [6.07, 6.45) is 0. The predicted octanol–water partition coefficient (Wildman–Crippen LogP) is 4.09. The molecule has 138 valence electrons. The van der Waals surface area contributed by atoms with Gasteiger partial charge in [-0.3, -0.25) is 4.90 Å². The monoisotopic (exact) mass is 369 g/mol. The van der Waals surface area contributed by atoms with Crippen LogP contribution < -0.4 is 0 Å². The van der Waals surface area contributed by atoms with Crippen molar-refractivity contribution in [2.45, 2.75) is 25.3 Å². The highest BCUT2D eigenvalue weighted by Gasteiger charge is 2.36. The van der Waals surface area contributed by atoms with Gasteiger partial charge in [-0.1, -0.05) is 60.2 Å². The second-order valence-electron chi connectivity index (χ2n) is 7.49. The SMILES string of the molecule is C=C(C)[C@H]1CN(Cc2ccccc2)C[C@H]1CS(=O)(=O)c1ccc(C)cc1. The Kier molecular flexibility index (Phi) is 5.64. The molecule has 1 aliphatic heterocycles. The van der Waals surface area contributed by atoms with E-state index >= 15 is 0 Å². The topological polar surface area (TPSA) is 37.4 Å². The molecule has 0 unspecified atom stereocenters. The summed E-state index contributed by atoms with van der Waals surface area (Å²) in [5.74, 6) is 0.486. The van der Waals surface area contributed by atoms with E-state index in [1.54, 1.807) is 12.1 Å². The molecule has 0 aliphatic carbocycles. The van der Waals surface area contributed by atoms with Gasteiger partial charge >= 0.3 is 0 Å². The third kappa shape index (κ3) is 4.43. The van der Waals surface area contributed by atoms with Crippen LogP contribution in [0.5, 0.6) is 0 Å². The van der Waals surface area contributed by atoms with E-state index in [0.29, 0.717) is 4.90 Å². The van der Waals surface area contributed by atoms with Crippen molar-refractivity contribution in [1.82, 2.24) is 4.90 Å². The van der Waals surface area contributed by atoms with E-state index in [-0.39, 0.29) is 17.6 Å². The zero-order chi connectivity index (χ0) is 18.7. The molecule has 2 aromatic rings. The molecule has 2 atom stereocenters. The minimum atomic E-state index is -3.29. The smallest absolute Gasteiger partial charge is 0.178 e. The van der Waals surface area contributed by atoms with Gasteiger partial charge in [-0.25, -0.2) is 8.42 Å². The van der Waals surface area contributed by atoms with Crippen LogP contribution in [0.3, 0.4) is 0 Å². The largest absolute Gasteiger partial charge is 0.298 e. The van der Waals surface area contributed by atoms with Gasteiger partial charge in [-0.2, -0.15) is 0 Å². The van der Waals surface area contributed by atoms with E-state index in [2.05, 4.69) is 23.6 Å². The molecule has 0 saturated carbocycles. The van der Waals surface area contributed by atoms with Gasteiger partial charge in [0.2, 0.25) is 0 Å². The number of nitrogens with zero attached hydrogens (tertiary/aromatic N) is 1. The highest BCUT2D eigenvalue weighted by Crippen LogP contribution is 2.32. The Bertz CT molecular complexity index is 857. The van der Waals surface area contributed by atoms with Gasteiger partial charge < -0.3 is 0 Å². The van der Waals surface area contributed by atoms with Gasteiger partial charge in [0.25, 0.3) is 0 Å². The van der Waals surface area contributed by atoms with Crippen molar-refractivity contribution in [3.63, 3.8) is 0 Å². The van der Waals surface area contributed by atoms with Crippen LogP contribution in [0.1, 0.15) is 18.1 Å². The minimum absolute atomic E-state index is 0.0857. The molecule has 1 aliphatic rings. The Balaban J connectivity index is 1.74. The van der Waals surface area contributed by atoms with Crippen molar-refractivity contribution in [1.29, 1.82) is 0 Å². The number of likely N-dealkylation sites (tertiary alicyclic amines) is 1. The number of aryl methyl sites for hydroxylation is 1. The van der Waals surface area contributed by atoms with Gasteiger partial charge in [0.15, 0.2) is 9.84 Å². The lowest BCUT2D eigenvalue weighted by atomic mass is 9.92. The molecule has 26 heavy (non-hydrogen) atoms. The molecular formula is C22H27NO2S. The number of sulfone groups is 1. The van der Waals surface area contributed by atoms with Crippen molar-refractivity contribution >= 4 is 9.84 Å². The molecule has 4 heteroatoms. The average Bonchev–Trinajstić information content (AvgIpc) is 2.98. The van der Waals surface area contributed by atoms with Gasteiger partial charge in [0.05, 0.1) is 10.6 Å². The van der Waals surface area contributed by atoms with Crippen LogP contribution in [0.25, 0.3) is 0 Å². The molecule has 1 fully saturated rings. The molecule has 0 amide bonds. The molecule has 3 rings (SSSR count). The fourth-order valence-corrected chi connectivity index (χ4v) is 5.43. The Morgan fingerprint density at radius 2 is 1.73 bits per heavy atom.